The molecule has 0 aromatic heterocycles. The molecule has 1 spiro atoms. The zero-order chi connectivity index (χ0) is 18.4. The van der Waals surface area contributed by atoms with Gasteiger partial charge in [0.25, 0.3) is 0 Å². The van der Waals surface area contributed by atoms with Gasteiger partial charge >= 0.3 is 5.97 Å². The molecule has 0 bridgehead atoms. The number of carbonyl (C=O) groups is 1. The predicted molar refractivity (Wildman–Crippen MR) is 98.4 cm³/mol. The minimum absolute atomic E-state index is 0.141. The number of piperidine rings is 1. The van der Waals surface area contributed by atoms with Gasteiger partial charge in [-0.3, -0.25) is 0 Å². The van der Waals surface area contributed by atoms with Gasteiger partial charge in [0.05, 0.1) is 17.9 Å². The molecule has 1 saturated heterocycles. The molecule has 0 amide bonds. The molecule has 136 valence electrons. The van der Waals surface area contributed by atoms with E-state index < -0.39 is 15.6 Å². The third kappa shape index (κ3) is 2.92. The molecule has 0 aliphatic carbocycles. The van der Waals surface area contributed by atoms with E-state index in [1.165, 1.54) is 4.31 Å². The molecule has 26 heavy (non-hydrogen) atoms. The van der Waals surface area contributed by atoms with E-state index in [4.69, 9.17) is 16.3 Å². The Bertz CT molecular complexity index is 975. The first-order valence-electron chi connectivity index (χ1n) is 8.45. The zero-order valence-electron chi connectivity index (χ0n) is 14.0. The average Bonchev–Trinajstić information content (AvgIpc) is 2.89. The Labute approximate surface area is 157 Å². The fourth-order valence-corrected chi connectivity index (χ4v) is 5.70. The largest absolute Gasteiger partial charge is 0.449 e. The normalized spacial score (nSPS) is 23.0. The lowest BCUT2D eigenvalue weighted by atomic mass is 9.86. The highest BCUT2D eigenvalue weighted by atomic mass is 35.5. The van der Waals surface area contributed by atoms with Crippen LogP contribution in [0.5, 0.6) is 0 Å². The highest BCUT2D eigenvalue weighted by Crippen LogP contribution is 2.43. The molecule has 0 N–H and O–H groups in total. The van der Waals surface area contributed by atoms with Crippen LogP contribution in [-0.2, 0) is 26.1 Å². The SMILES string of the molecule is O=C1O[C@@]2(CCCN(S(=O)(=O)Cc3ccccc3Cl)C2)c2ccccc21. The molecule has 1 fully saturated rings. The molecular weight excluding hydrogens is 374 g/mol. The van der Waals surface area contributed by atoms with E-state index >= 15 is 0 Å². The van der Waals surface area contributed by atoms with Crippen LogP contribution in [0.25, 0.3) is 0 Å². The third-order valence-corrected chi connectivity index (χ3v) is 7.18. The second-order valence-electron chi connectivity index (χ2n) is 6.71. The van der Waals surface area contributed by atoms with Gasteiger partial charge in [0, 0.05) is 17.1 Å². The zero-order valence-corrected chi connectivity index (χ0v) is 15.6. The number of esters is 1. The summed E-state index contributed by atoms with van der Waals surface area (Å²) in [6.07, 6.45) is 1.25. The van der Waals surface area contributed by atoms with E-state index in [1.807, 2.05) is 12.1 Å². The summed E-state index contributed by atoms with van der Waals surface area (Å²) in [5.74, 6) is -0.552. The highest BCUT2D eigenvalue weighted by molar-refractivity contribution is 7.88. The second kappa shape index (κ2) is 6.37. The fraction of sp³-hybridized carbons (Fsp3) is 0.316. The molecule has 2 aliphatic rings. The Morgan fingerprint density at radius 2 is 1.85 bits per heavy atom. The second-order valence-corrected chi connectivity index (χ2v) is 9.09. The number of fused-ring (bicyclic) bond motifs is 2. The van der Waals surface area contributed by atoms with Gasteiger partial charge in [0.1, 0.15) is 0 Å². The number of sulfonamides is 1. The molecule has 0 saturated carbocycles. The number of nitrogens with zero attached hydrogens (tertiary/aromatic N) is 1. The maximum atomic E-state index is 13.0. The summed E-state index contributed by atoms with van der Waals surface area (Å²) in [5, 5.41) is 0.431. The van der Waals surface area contributed by atoms with Crippen molar-refractivity contribution in [3.63, 3.8) is 0 Å². The first kappa shape index (κ1) is 17.5. The van der Waals surface area contributed by atoms with E-state index in [0.717, 1.165) is 5.56 Å². The van der Waals surface area contributed by atoms with Gasteiger partial charge in [0.2, 0.25) is 10.0 Å². The van der Waals surface area contributed by atoms with E-state index in [-0.39, 0.29) is 18.3 Å². The number of carbonyl (C=O) groups excluding carboxylic acids is 1. The van der Waals surface area contributed by atoms with Gasteiger partial charge in [-0.15, -0.1) is 0 Å². The standard InChI is InChI=1S/C19H18ClNO4S/c20-17-9-4-1-6-14(17)12-26(23,24)21-11-5-10-19(13-21)16-8-3-2-7-15(16)18(22)25-19/h1-4,6-9H,5,10-13H2/t19-/m1/s1. The van der Waals surface area contributed by atoms with Crippen molar-refractivity contribution in [3.8, 4) is 0 Å². The van der Waals surface area contributed by atoms with Crippen LogP contribution in [0, 0.1) is 0 Å². The van der Waals surface area contributed by atoms with Crippen molar-refractivity contribution in [1.29, 1.82) is 0 Å². The third-order valence-electron chi connectivity index (χ3n) is 5.03. The van der Waals surface area contributed by atoms with Crippen molar-refractivity contribution in [2.75, 3.05) is 13.1 Å². The number of benzene rings is 2. The maximum Gasteiger partial charge on any atom is 0.339 e. The fourth-order valence-electron chi connectivity index (χ4n) is 3.77. The van der Waals surface area contributed by atoms with Crippen molar-refractivity contribution >= 4 is 27.6 Å². The van der Waals surface area contributed by atoms with Crippen LogP contribution in [0.15, 0.2) is 48.5 Å². The number of halogens is 1. The molecule has 2 aromatic rings. The number of hydrogen-bond acceptors (Lipinski definition) is 4. The van der Waals surface area contributed by atoms with Gasteiger partial charge in [-0.05, 0) is 30.5 Å². The minimum Gasteiger partial charge on any atom is -0.449 e. The Hall–Kier alpha value is -1.89. The van der Waals surface area contributed by atoms with E-state index in [9.17, 15) is 13.2 Å². The van der Waals surface area contributed by atoms with Crippen molar-refractivity contribution in [1.82, 2.24) is 4.31 Å². The topological polar surface area (TPSA) is 63.7 Å². The van der Waals surface area contributed by atoms with Gasteiger partial charge in [-0.25, -0.2) is 13.2 Å². The summed E-state index contributed by atoms with van der Waals surface area (Å²) >= 11 is 6.12. The average molecular weight is 392 g/mol. The van der Waals surface area contributed by atoms with Crippen LogP contribution >= 0.6 is 11.6 Å². The summed E-state index contributed by atoms with van der Waals surface area (Å²) < 4.78 is 33.0. The van der Waals surface area contributed by atoms with Gasteiger partial charge in [-0.2, -0.15) is 4.31 Å². The van der Waals surface area contributed by atoms with Crippen LogP contribution < -0.4 is 0 Å². The molecule has 2 aromatic carbocycles. The quantitative estimate of drug-likeness (QED) is 0.753. The lowest BCUT2D eigenvalue weighted by Gasteiger charge is -2.38. The minimum atomic E-state index is -3.58. The monoisotopic (exact) mass is 391 g/mol. The molecule has 0 unspecified atom stereocenters. The smallest absolute Gasteiger partial charge is 0.339 e. The Morgan fingerprint density at radius 1 is 1.12 bits per heavy atom. The van der Waals surface area contributed by atoms with Crippen molar-refractivity contribution in [2.24, 2.45) is 0 Å². The van der Waals surface area contributed by atoms with Crippen LogP contribution in [0.2, 0.25) is 5.02 Å². The Morgan fingerprint density at radius 3 is 2.65 bits per heavy atom. The lowest BCUT2D eigenvalue weighted by molar-refractivity contribution is -0.0345. The van der Waals surface area contributed by atoms with E-state index in [0.29, 0.717) is 35.5 Å². The molecule has 5 nitrogen and oxygen atoms in total. The van der Waals surface area contributed by atoms with Crippen LogP contribution in [-0.4, -0.2) is 31.8 Å². The highest BCUT2D eigenvalue weighted by Gasteiger charge is 2.49. The Kier molecular flexibility index (Phi) is 4.29. The van der Waals surface area contributed by atoms with Gasteiger partial charge in [-0.1, -0.05) is 48.0 Å². The molecule has 2 aliphatic heterocycles. The van der Waals surface area contributed by atoms with Crippen LogP contribution in [0.4, 0.5) is 0 Å². The van der Waals surface area contributed by atoms with Crippen LogP contribution in [0.1, 0.15) is 34.3 Å². The predicted octanol–water partition coefficient (Wildman–Crippen LogP) is 3.33. The molecule has 0 radical (unpaired) electrons. The summed E-state index contributed by atoms with van der Waals surface area (Å²) in [5.41, 5.74) is 0.984. The van der Waals surface area contributed by atoms with Crippen molar-refractivity contribution in [2.45, 2.75) is 24.2 Å². The lowest BCUT2D eigenvalue weighted by Crippen LogP contribution is -2.49. The molecule has 1 atom stereocenters. The van der Waals surface area contributed by atoms with Crippen LogP contribution in [0.3, 0.4) is 0 Å². The number of rotatable bonds is 3. The summed E-state index contributed by atoms with van der Waals surface area (Å²) in [6.45, 7) is 0.552. The summed E-state index contributed by atoms with van der Waals surface area (Å²) in [4.78, 5) is 12.2. The van der Waals surface area contributed by atoms with Crippen molar-refractivity contribution in [3.05, 3.63) is 70.2 Å². The molecule has 7 heteroatoms. The van der Waals surface area contributed by atoms with Gasteiger partial charge in [0.15, 0.2) is 5.60 Å². The first-order valence-corrected chi connectivity index (χ1v) is 10.4. The number of hydrogen-bond donors (Lipinski definition) is 0. The maximum absolute atomic E-state index is 13.0. The first-order chi connectivity index (χ1) is 12.4. The molecular formula is C19H18ClNO4S. The van der Waals surface area contributed by atoms with E-state index in [1.54, 1.807) is 36.4 Å². The van der Waals surface area contributed by atoms with Crippen molar-refractivity contribution < 1.29 is 17.9 Å². The van der Waals surface area contributed by atoms with E-state index in [2.05, 4.69) is 0 Å². The molecule has 4 rings (SSSR count). The summed E-state index contributed by atoms with van der Waals surface area (Å²) in [7, 11) is -3.58. The molecule has 2 heterocycles. The number of ether oxygens (including phenoxy) is 1. The Balaban J connectivity index is 1.64. The van der Waals surface area contributed by atoms with Gasteiger partial charge < -0.3 is 4.74 Å². The summed E-state index contributed by atoms with van der Waals surface area (Å²) in [6, 6.07) is 14.1.